The molecule has 118 valence electrons. The summed E-state index contributed by atoms with van der Waals surface area (Å²) in [4.78, 5) is 14.0. The lowest BCUT2D eigenvalue weighted by molar-refractivity contribution is -0.118. The highest BCUT2D eigenvalue weighted by atomic mass is 16.1. The molecule has 0 aromatic heterocycles. The number of unbranched alkanes of at least 4 members (excludes halogenated alkanes) is 6. The summed E-state index contributed by atoms with van der Waals surface area (Å²) < 4.78 is 0. The molecule has 1 atom stereocenters. The molecule has 0 aromatic carbocycles. The van der Waals surface area contributed by atoms with Crippen molar-refractivity contribution in [3.05, 3.63) is 0 Å². The first kappa shape index (κ1) is 17.7. The van der Waals surface area contributed by atoms with E-state index in [2.05, 4.69) is 11.8 Å². The zero-order valence-electron chi connectivity index (χ0n) is 13.8. The van der Waals surface area contributed by atoms with Crippen LogP contribution in [0.5, 0.6) is 0 Å². The second-order valence-electron chi connectivity index (χ2n) is 6.57. The standard InChI is InChI=1S/C18H35NO/c1-3-4-5-6-7-8-11-14-19-15-12-9-10-13-18(19)16-17(2)20/h18H,3-16H2,1-2H3. The predicted molar refractivity (Wildman–Crippen MR) is 87.1 cm³/mol. The van der Waals surface area contributed by atoms with Crippen molar-refractivity contribution >= 4 is 5.78 Å². The molecule has 1 saturated heterocycles. The fraction of sp³-hybridized carbons (Fsp3) is 0.944. The van der Waals surface area contributed by atoms with Gasteiger partial charge in [-0.1, -0.05) is 58.3 Å². The Balaban J connectivity index is 2.18. The molecular formula is C18H35NO. The molecule has 0 spiro atoms. The van der Waals surface area contributed by atoms with Crippen LogP contribution < -0.4 is 0 Å². The molecule has 1 fully saturated rings. The van der Waals surface area contributed by atoms with Crippen molar-refractivity contribution in [1.82, 2.24) is 4.90 Å². The summed E-state index contributed by atoms with van der Waals surface area (Å²) in [5.41, 5.74) is 0. The number of rotatable bonds is 10. The third-order valence-electron chi connectivity index (χ3n) is 4.57. The highest BCUT2D eigenvalue weighted by molar-refractivity contribution is 5.76. The SMILES string of the molecule is CCCCCCCCCN1CCCCCC1CC(C)=O. The lowest BCUT2D eigenvalue weighted by Gasteiger charge is -2.29. The minimum absolute atomic E-state index is 0.362. The Morgan fingerprint density at radius 3 is 2.40 bits per heavy atom. The molecule has 2 nitrogen and oxygen atoms in total. The van der Waals surface area contributed by atoms with Crippen LogP contribution in [0.4, 0.5) is 0 Å². The van der Waals surface area contributed by atoms with E-state index < -0.39 is 0 Å². The summed E-state index contributed by atoms with van der Waals surface area (Å²) >= 11 is 0. The van der Waals surface area contributed by atoms with Gasteiger partial charge in [0.15, 0.2) is 0 Å². The number of nitrogens with zero attached hydrogens (tertiary/aromatic N) is 1. The van der Waals surface area contributed by atoms with E-state index in [9.17, 15) is 4.79 Å². The minimum Gasteiger partial charge on any atom is -0.300 e. The summed E-state index contributed by atoms with van der Waals surface area (Å²) in [6, 6.07) is 0.537. The summed E-state index contributed by atoms with van der Waals surface area (Å²) in [6.45, 7) is 6.45. The third-order valence-corrected chi connectivity index (χ3v) is 4.57. The van der Waals surface area contributed by atoms with E-state index in [1.807, 2.05) is 0 Å². The molecule has 1 aliphatic rings. The minimum atomic E-state index is 0.362. The Morgan fingerprint density at radius 2 is 1.70 bits per heavy atom. The van der Waals surface area contributed by atoms with E-state index >= 15 is 0 Å². The average molecular weight is 281 g/mol. The van der Waals surface area contributed by atoms with Gasteiger partial charge in [-0.15, -0.1) is 0 Å². The molecule has 0 N–H and O–H groups in total. The zero-order chi connectivity index (χ0) is 14.6. The van der Waals surface area contributed by atoms with Crippen molar-refractivity contribution in [3.8, 4) is 0 Å². The quantitative estimate of drug-likeness (QED) is 0.527. The van der Waals surface area contributed by atoms with Gasteiger partial charge < -0.3 is 0 Å². The first-order valence-electron chi connectivity index (χ1n) is 8.97. The molecule has 0 radical (unpaired) electrons. The van der Waals surface area contributed by atoms with Crippen LogP contribution in [0.2, 0.25) is 0 Å². The van der Waals surface area contributed by atoms with Crippen LogP contribution in [-0.2, 0) is 4.79 Å². The van der Waals surface area contributed by atoms with Crippen LogP contribution in [0, 0.1) is 0 Å². The van der Waals surface area contributed by atoms with E-state index in [4.69, 9.17) is 0 Å². The molecule has 0 amide bonds. The van der Waals surface area contributed by atoms with Gasteiger partial charge in [-0.2, -0.15) is 0 Å². The number of carbonyl (C=O) groups is 1. The third kappa shape index (κ3) is 8.04. The van der Waals surface area contributed by atoms with Crippen molar-refractivity contribution in [2.45, 2.75) is 96.9 Å². The molecule has 1 heterocycles. The number of Topliss-reactive ketones (excluding diaryl/α,β-unsaturated/α-hetero) is 1. The molecule has 1 rings (SSSR count). The van der Waals surface area contributed by atoms with E-state index in [1.54, 1.807) is 6.92 Å². The van der Waals surface area contributed by atoms with Gasteiger partial charge in [0.25, 0.3) is 0 Å². The van der Waals surface area contributed by atoms with Gasteiger partial charge in [0.2, 0.25) is 0 Å². The van der Waals surface area contributed by atoms with E-state index in [0.29, 0.717) is 11.8 Å². The second kappa shape index (κ2) is 11.3. The monoisotopic (exact) mass is 281 g/mol. The van der Waals surface area contributed by atoms with Crippen LogP contribution in [0.3, 0.4) is 0 Å². The zero-order valence-corrected chi connectivity index (χ0v) is 13.8. The molecule has 1 unspecified atom stereocenters. The molecule has 2 heteroatoms. The van der Waals surface area contributed by atoms with Gasteiger partial charge in [-0.25, -0.2) is 0 Å². The highest BCUT2D eigenvalue weighted by Crippen LogP contribution is 2.20. The fourth-order valence-electron chi connectivity index (χ4n) is 3.37. The Kier molecular flexibility index (Phi) is 10.00. The number of ketones is 1. The van der Waals surface area contributed by atoms with Crippen LogP contribution in [0.15, 0.2) is 0 Å². The van der Waals surface area contributed by atoms with Crippen molar-refractivity contribution < 1.29 is 4.79 Å². The first-order valence-corrected chi connectivity index (χ1v) is 8.97. The van der Waals surface area contributed by atoms with Crippen molar-refractivity contribution in [2.75, 3.05) is 13.1 Å². The molecule has 20 heavy (non-hydrogen) atoms. The van der Waals surface area contributed by atoms with Gasteiger partial charge in [-0.05, 0) is 39.3 Å². The highest BCUT2D eigenvalue weighted by Gasteiger charge is 2.21. The number of likely N-dealkylation sites (tertiary alicyclic amines) is 1. The Hall–Kier alpha value is -0.370. The molecule has 0 aromatic rings. The fourth-order valence-corrected chi connectivity index (χ4v) is 3.37. The molecule has 0 saturated carbocycles. The van der Waals surface area contributed by atoms with Crippen molar-refractivity contribution in [2.24, 2.45) is 0 Å². The summed E-state index contributed by atoms with van der Waals surface area (Å²) in [6.07, 6.45) is 15.6. The van der Waals surface area contributed by atoms with Crippen molar-refractivity contribution in [1.29, 1.82) is 0 Å². The summed E-state index contributed by atoms with van der Waals surface area (Å²) in [5.74, 6) is 0.362. The smallest absolute Gasteiger partial charge is 0.131 e. The lowest BCUT2D eigenvalue weighted by atomic mass is 10.0. The largest absolute Gasteiger partial charge is 0.300 e. The molecule has 1 aliphatic heterocycles. The molecule has 0 bridgehead atoms. The van der Waals surface area contributed by atoms with Crippen LogP contribution in [0.1, 0.15) is 90.9 Å². The maximum absolute atomic E-state index is 11.4. The normalized spacial score (nSPS) is 20.8. The van der Waals surface area contributed by atoms with Crippen LogP contribution >= 0.6 is 0 Å². The van der Waals surface area contributed by atoms with Gasteiger partial charge in [0.1, 0.15) is 5.78 Å². The Labute approximate surface area is 126 Å². The van der Waals surface area contributed by atoms with E-state index in [1.165, 1.54) is 83.7 Å². The molecule has 0 aliphatic carbocycles. The van der Waals surface area contributed by atoms with Crippen LogP contribution in [-0.4, -0.2) is 29.8 Å². The van der Waals surface area contributed by atoms with Gasteiger partial charge in [-0.3, -0.25) is 9.69 Å². The van der Waals surface area contributed by atoms with Gasteiger partial charge >= 0.3 is 0 Å². The number of carbonyl (C=O) groups excluding carboxylic acids is 1. The summed E-state index contributed by atoms with van der Waals surface area (Å²) in [7, 11) is 0. The van der Waals surface area contributed by atoms with Gasteiger partial charge in [0, 0.05) is 12.5 Å². The van der Waals surface area contributed by atoms with Crippen LogP contribution in [0.25, 0.3) is 0 Å². The maximum Gasteiger partial charge on any atom is 0.131 e. The van der Waals surface area contributed by atoms with Crippen molar-refractivity contribution in [3.63, 3.8) is 0 Å². The van der Waals surface area contributed by atoms with E-state index in [0.717, 1.165) is 6.42 Å². The maximum atomic E-state index is 11.4. The van der Waals surface area contributed by atoms with E-state index in [-0.39, 0.29) is 0 Å². The van der Waals surface area contributed by atoms with Gasteiger partial charge in [0.05, 0.1) is 0 Å². The molecular weight excluding hydrogens is 246 g/mol. The Morgan fingerprint density at radius 1 is 1.00 bits per heavy atom. The second-order valence-corrected chi connectivity index (χ2v) is 6.57. The topological polar surface area (TPSA) is 20.3 Å². The average Bonchev–Trinajstić information content (AvgIpc) is 2.63. The number of hydrogen-bond acceptors (Lipinski definition) is 2. The predicted octanol–water partition coefficient (Wildman–Crippen LogP) is 4.96. The first-order chi connectivity index (χ1) is 9.74. The summed E-state index contributed by atoms with van der Waals surface area (Å²) in [5, 5.41) is 0. The Bertz CT molecular complexity index is 252. The number of hydrogen-bond donors (Lipinski definition) is 0. The lowest BCUT2D eigenvalue weighted by Crippen LogP contribution is -2.36.